The molecule has 1 aliphatic rings. The first kappa shape index (κ1) is 20.5. The van der Waals surface area contributed by atoms with Crippen LogP contribution in [0.25, 0.3) is 5.69 Å². The lowest BCUT2D eigenvalue weighted by molar-refractivity contribution is -0.169. The molecule has 2 aromatic rings. The molecule has 0 radical (unpaired) electrons. The summed E-state index contributed by atoms with van der Waals surface area (Å²) in [5.41, 5.74) is 2.33. The van der Waals surface area contributed by atoms with Gasteiger partial charge in [0, 0.05) is 13.0 Å². The molecule has 3 rings (SSSR count). The molecule has 2 heterocycles. The standard InChI is InChI=1S/C21H29N3O4/c1-21(2,3)28-19(25)11-10-16-7-6-8-17(13-16)24-18(14-22-23-24)15-27-20-9-4-5-12-26-20/h6-8,13-14,20H,4-5,9-12,15H2,1-3H3. The Kier molecular flexibility index (Phi) is 6.80. The number of esters is 1. The molecule has 1 atom stereocenters. The van der Waals surface area contributed by atoms with Crippen LogP contribution in [0.5, 0.6) is 0 Å². The SMILES string of the molecule is CC(C)(C)OC(=O)CCc1cccc(-n2nncc2COC2CCCCO2)c1. The van der Waals surface area contributed by atoms with Crippen LogP contribution >= 0.6 is 0 Å². The number of carbonyl (C=O) groups is 1. The van der Waals surface area contributed by atoms with Crippen LogP contribution in [0, 0.1) is 0 Å². The number of aryl methyl sites for hydroxylation is 1. The Hall–Kier alpha value is -2.25. The third-order valence-electron chi connectivity index (χ3n) is 4.37. The number of nitrogens with zero attached hydrogens (tertiary/aromatic N) is 3. The normalized spacial score (nSPS) is 17.5. The van der Waals surface area contributed by atoms with Crippen molar-refractivity contribution in [2.75, 3.05) is 6.61 Å². The van der Waals surface area contributed by atoms with Gasteiger partial charge in [-0.25, -0.2) is 4.68 Å². The van der Waals surface area contributed by atoms with E-state index < -0.39 is 5.60 Å². The second-order valence-corrected chi connectivity index (χ2v) is 8.00. The Balaban J connectivity index is 1.61. The van der Waals surface area contributed by atoms with Crippen LogP contribution < -0.4 is 0 Å². The first-order valence-electron chi connectivity index (χ1n) is 9.85. The van der Waals surface area contributed by atoms with Crippen LogP contribution in [0.15, 0.2) is 30.5 Å². The average molecular weight is 387 g/mol. The lowest BCUT2D eigenvalue weighted by atomic mass is 10.1. The Bertz CT molecular complexity index is 776. The predicted octanol–water partition coefficient (Wildman–Crippen LogP) is 3.58. The first-order valence-corrected chi connectivity index (χ1v) is 9.85. The van der Waals surface area contributed by atoms with Gasteiger partial charge in [-0.3, -0.25) is 4.79 Å². The molecule has 152 valence electrons. The number of hydrogen-bond donors (Lipinski definition) is 0. The molecule has 7 nitrogen and oxygen atoms in total. The summed E-state index contributed by atoms with van der Waals surface area (Å²) in [7, 11) is 0. The summed E-state index contributed by atoms with van der Waals surface area (Å²) >= 11 is 0. The summed E-state index contributed by atoms with van der Waals surface area (Å²) in [5, 5.41) is 8.21. The highest BCUT2D eigenvalue weighted by Crippen LogP contribution is 2.18. The summed E-state index contributed by atoms with van der Waals surface area (Å²) in [4.78, 5) is 12.0. The van der Waals surface area contributed by atoms with Crippen molar-refractivity contribution in [3.63, 3.8) is 0 Å². The zero-order valence-electron chi connectivity index (χ0n) is 16.9. The number of carbonyl (C=O) groups excluding carboxylic acids is 1. The van der Waals surface area contributed by atoms with Crippen molar-refractivity contribution >= 4 is 5.97 Å². The van der Waals surface area contributed by atoms with E-state index in [4.69, 9.17) is 14.2 Å². The summed E-state index contributed by atoms with van der Waals surface area (Å²) < 4.78 is 18.6. The van der Waals surface area contributed by atoms with Gasteiger partial charge in [-0.2, -0.15) is 0 Å². The van der Waals surface area contributed by atoms with Gasteiger partial charge in [-0.05, 0) is 64.2 Å². The monoisotopic (exact) mass is 387 g/mol. The van der Waals surface area contributed by atoms with E-state index in [0.717, 1.165) is 42.8 Å². The van der Waals surface area contributed by atoms with Gasteiger partial charge in [-0.1, -0.05) is 17.3 Å². The summed E-state index contributed by atoms with van der Waals surface area (Å²) in [6, 6.07) is 7.93. The van der Waals surface area contributed by atoms with Gasteiger partial charge in [0.15, 0.2) is 6.29 Å². The van der Waals surface area contributed by atoms with Crippen molar-refractivity contribution in [2.45, 2.75) is 71.4 Å². The van der Waals surface area contributed by atoms with E-state index in [1.165, 1.54) is 0 Å². The van der Waals surface area contributed by atoms with Crippen LogP contribution in [0.4, 0.5) is 0 Å². The molecule has 0 aliphatic carbocycles. The maximum atomic E-state index is 12.0. The second-order valence-electron chi connectivity index (χ2n) is 8.00. The van der Waals surface area contributed by atoms with E-state index in [0.29, 0.717) is 19.4 Å². The van der Waals surface area contributed by atoms with Gasteiger partial charge >= 0.3 is 5.97 Å². The molecule has 0 saturated carbocycles. The van der Waals surface area contributed by atoms with Gasteiger partial charge in [0.25, 0.3) is 0 Å². The molecular formula is C21H29N3O4. The highest BCUT2D eigenvalue weighted by molar-refractivity contribution is 5.70. The number of benzene rings is 1. The van der Waals surface area contributed by atoms with E-state index in [9.17, 15) is 4.79 Å². The molecule has 1 aliphatic heterocycles. The molecule has 28 heavy (non-hydrogen) atoms. The molecule has 1 aromatic carbocycles. The molecule has 0 N–H and O–H groups in total. The van der Waals surface area contributed by atoms with Gasteiger partial charge in [0.05, 0.1) is 24.2 Å². The van der Waals surface area contributed by atoms with Crippen molar-refractivity contribution in [1.29, 1.82) is 0 Å². The molecule has 0 spiro atoms. The van der Waals surface area contributed by atoms with Crippen LogP contribution in [0.1, 0.15) is 57.7 Å². The van der Waals surface area contributed by atoms with Crippen molar-refractivity contribution in [1.82, 2.24) is 15.0 Å². The number of aromatic nitrogens is 3. The van der Waals surface area contributed by atoms with E-state index >= 15 is 0 Å². The first-order chi connectivity index (χ1) is 13.4. The highest BCUT2D eigenvalue weighted by atomic mass is 16.7. The molecule has 1 saturated heterocycles. The Morgan fingerprint density at radius 3 is 2.93 bits per heavy atom. The van der Waals surface area contributed by atoms with Gasteiger partial charge < -0.3 is 14.2 Å². The Morgan fingerprint density at radius 2 is 2.18 bits per heavy atom. The predicted molar refractivity (Wildman–Crippen MR) is 104 cm³/mol. The van der Waals surface area contributed by atoms with Gasteiger partial charge in [-0.15, -0.1) is 5.10 Å². The zero-order valence-corrected chi connectivity index (χ0v) is 16.9. The maximum Gasteiger partial charge on any atom is 0.306 e. The van der Waals surface area contributed by atoms with Crippen LogP contribution in [-0.2, 0) is 32.0 Å². The molecule has 7 heteroatoms. The molecule has 1 unspecified atom stereocenters. The number of ether oxygens (including phenoxy) is 3. The largest absolute Gasteiger partial charge is 0.460 e. The average Bonchev–Trinajstić information content (AvgIpc) is 3.13. The lowest BCUT2D eigenvalue weighted by Crippen LogP contribution is -2.24. The molecular weight excluding hydrogens is 358 g/mol. The van der Waals surface area contributed by atoms with Crippen molar-refractivity contribution in [3.05, 3.63) is 41.7 Å². The van der Waals surface area contributed by atoms with Crippen LogP contribution in [-0.4, -0.2) is 39.5 Å². The number of hydrogen-bond acceptors (Lipinski definition) is 6. The summed E-state index contributed by atoms with van der Waals surface area (Å²) in [6.45, 7) is 6.76. The van der Waals surface area contributed by atoms with E-state index in [-0.39, 0.29) is 12.3 Å². The second kappa shape index (κ2) is 9.30. The zero-order chi connectivity index (χ0) is 20.0. The molecule has 0 amide bonds. The minimum absolute atomic E-state index is 0.155. The van der Waals surface area contributed by atoms with Gasteiger partial charge in [0.2, 0.25) is 0 Å². The fraction of sp³-hybridized carbons (Fsp3) is 0.571. The van der Waals surface area contributed by atoms with E-state index in [1.54, 1.807) is 10.9 Å². The number of rotatable bonds is 7. The minimum Gasteiger partial charge on any atom is -0.460 e. The smallest absolute Gasteiger partial charge is 0.306 e. The van der Waals surface area contributed by atoms with E-state index in [2.05, 4.69) is 10.3 Å². The third-order valence-corrected chi connectivity index (χ3v) is 4.37. The highest BCUT2D eigenvalue weighted by Gasteiger charge is 2.17. The molecule has 1 fully saturated rings. The molecule has 1 aromatic heterocycles. The third kappa shape index (κ3) is 6.14. The summed E-state index contributed by atoms with van der Waals surface area (Å²) in [5.74, 6) is -0.194. The van der Waals surface area contributed by atoms with Crippen molar-refractivity contribution in [3.8, 4) is 5.69 Å². The van der Waals surface area contributed by atoms with E-state index in [1.807, 2.05) is 45.0 Å². The van der Waals surface area contributed by atoms with Crippen molar-refractivity contribution in [2.24, 2.45) is 0 Å². The fourth-order valence-electron chi connectivity index (χ4n) is 3.08. The molecule has 0 bridgehead atoms. The Morgan fingerprint density at radius 1 is 1.32 bits per heavy atom. The lowest BCUT2D eigenvalue weighted by Gasteiger charge is -2.22. The minimum atomic E-state index is -0.462. The quantitative estimate of drug-likeness (QED) is 0.676. The van der Waals surface area contributed by atoms with Gasteiger partial charge in [0.1, 0.15) is 5.60 Å². The van der Waals surface area contributed by atoms with Crippen molar-refractivity contribution < 1.29 is 19.0 Å². The van der Waals surface area contributed by atoms with Crippen LogP contribution in [0.3, 0.4) is 0 Å². The maximum absolute atomic E-state index is 12.0. The topological polar surface area (TPSA) is 75.5 Å². The van der Waals surface area contributed by atoms with Crippen LogP contribution in [0.2, 0.25) is 0 Å². The summed E-state index contributed by atoms with van der Waals surface area (Å²) in [6.07, 6.45) is 5.64. The Labute approximate surface area is 166 Å². The fourth-order valence-corrected chi connectivity index (χ4v) is 3.08.